The molecule has 0 heterocycles. The number of ether oxygens (including phenoxy) is 1. The van der Waals surface area contributed by atoms with Gasteiger partial charge in [-0.25, -0.2) is 13.2 Å². The highest BCUT2D eigenvalue weighted by atomic mass is 19.2. The van der Waals surface area contributed by atoms with Gasteiger partial charge in [-0.2, -0.15) is 0 Å². The third-order valence-corrected chi connectivity index (χ3v) is 7.86. The third kappa shape index (κ3) is 4.64. The molecule has 0 aliphatic heterocycles. The number of rotatable bonds is 3. The van der Waals surface area contributed by atoms with Crippen LogP contribution in [0.2, 0.25) is 0 Å². The van der Waals surface area contributed by atoms with Gasteiger partial charge in [0.25, 0.3) is 0 Å². The van der Waals surface area contributed by atoms with E-state index in [4.69, 9.17) is 4.74 Å². The van der Waals surface area contributed by atoms with E-state index in [2.05, 4.69) is 6.92 Å². The Bertz CT molecular complexity index is 719. The van der Waals surface area contributed by atoms with E-state index < -0.39 is 23.4 Å². The highest BCUT2D eigenvalue weighted by Crippen LogP contribution is 2.49. The van der Waals surface area contributed by atoms with Crippen molar-refractivity contribution in [2.24, 2.45) is 35.5 Å². The zero-order valence-corrected chi connectivity index (χ0v) is 17.1. The summed E-state index contributed by atoms with van der Waals surface area (Å²) in [5, 5.41) is 0. The number of benzene rings is 1. The summed E-state index contributed by atoms with van der Waals surface area (Å²) in [6.45, 7) is 2.39. The second kappa shape index (κ2) is 8.69. The van der Waals surface area contributed by atoms with Crippen LogP contribution in [0.5, 0.6) is 5.75 Å². The Hall–Kier alpha value is -1.52. The molecule has 4 atom stereocenters. The van der Waals surface area contributed by atoms with Crippen molar-refractivity contribution in [2.45, 2.75) is 71.1 Å². The molecule has 0 saturated heterocycles. The molecule has 160 valence electrons. The Balaban J connectivity index is 1.28. The van der Waals surface area contributed by atoms with E-state index in [1.807, 2.05) is 0 Å². The van der Waals surface area contributed by atoms with Gasteiger partial charge in [0, 0.05) is 12.1 Å². The van der Waals surface area contributed by atoms with Gasteiger partial charge in [-0.15, -0.1) is 0 Å². The normalized spacial score (nSPS) is 35.0. The maximum absolute atomic E-state index is 13.3. The summed E-state index contributed by atoms with van der Waals surface area (Å²) in [6.07, 6.45) is 11.8. The molecule has 1 aromatic rings. The van der Waals surface area contributed by atoms with Gasteiger partial charge in [-0.3, -0.25) is 4.79 Å². The Morgan fingerprint density at radius 2 is 1.31 bits per heavy atom. The number of esters is 1. The molecule has 0 bridgehead atoms. The van der Waals surface area contributed by atoms with Crippen LogP contribution < -0.4 is 4.74 Å². The highest BCUT2D eigenvalue weighted by Gasteiger charge is 2.39. The molecule has 4 rings (SSSR count). The summed E-state index contributed by atoms with van der Waals surface area (Å²) in [4.78, 5) is 12.4. The zero-order chi connectivity index (χ0) is 20.5. The molecule has 3 fully saturated rings. The first-order valence-corrected chi connectivity index (χ1v) is 11.3. The lowest BCUT2D eigenvalue weighted by Crippen LogP contribution is -2.35. The lowest BCUT2D eigenvalue weighted by molar-refractivity contribution is -0.140. The minimum atomic E-state index is -1.55. The van der Waals surface area contributed by atoms with Crippen LogP contribution in [-0.4, -0.2) is 5.97 Å². The molecule has 3 saturated carbocycles. The minimum absolute atomic E-state index is 0.241. The van der Waals surface area contributed by atoms with Gasteiger partial charge < -0.3 is 4.74 Å². The molecular formula is C24H31F3O2. The van der Waals surface area contributed by atoms with Gasteiger partial charge >= 0.3 is 5.97 Å². The number of carbonyl (C=O) groups excluding carboxylic acids is 1. The summed E-state index contributed by atoms with van der Waals surface area (Å²) in [5.74, 6) is -1.03. The lowest BCUT2D eigenvalue weighted by atomic mass is 9.61. The number of halogens is 3. The molecule has 3 aliphatic rings. The first kappa shape index (κ1) is 20.7. The van der Waals surface area contributed by atoms with Crippen LogP contribution >= 0.6 is 0 Å². The molecule has 3 aliphatic carbocycles. The molecule has 5 heteroatoms. The van der Waals surface area contributed by atoms with Crippen molar-refractivity contribution in [3.05, 3.63) is 29.6 Å². The molecule has 0 spiro atoms. The van der Waals surface area contributed by atoms with E-state index in [0.717, 1.165) is 61.5 Å². The summed E-state index contributed by atoms with van der Waals surface area (Å²) < 4.78 is 44.8. The highest BCUT2D eigenvalue weighted by molar-refractivity contribution is 5.75. The number of fused-ring (bicyclic) bond motifs is 1. The van der Waals surface area contributed by atoms with Crippen LogP contribution in [0.1, 0.15) is 71.1 Å². The molecule has 0 aromatic heterocycles. The van der Waals surface area contributed by atoms with Crippen molar-refractivity contribution < 1.29 is 22.7 Å². The summed E-state index contributed by atoms with van der Waals surface area (Å²) in [7, 11) is 0. The fourth-order valence-electron chi connectivity index (χ4n) is 6.21. The Kier molecular flexibility index (Phi) is 6.21. The van der Waals surface area contributed by atoms with E-state index in [1.165, 1.54) is 38.5 Å². The predicted octanol–water partition coefficient (Wildman–Crippen LogP) is 6.67. The van der Waals surface area contributed by atoms with Gasteiger partial charge in [0.1, 0.15) is 5.75 Å². The maximum Gasteiger partial charge on any atom is 0.314 e. The second-order valence-corrected chi connectivity index (χ2v) is 9.75. The second-order valence-electron chi connectivity index (χ2n) is 9.75. The Morgan fingerprint density at radius 3 is 1.97 bits per heavy atom. The van der Waals surface area contributed by atoms with Crippen molar-refractivity contribution in [2.75, 3.05) is 0 Å². The summed E-state index contributed by atoms with van der Waals surface area (Å²) in [6, 6.07) is 1.46. The van der Waals surface area contributed by atoms with Gasteiger partial charge in [0.2, 0.25) is 0 Å². The minimum Gasteiger partial charge on any atom is -0.426 e. The fraction of sp³-hybridized carbons (Fsp3) is 0.708. The van der Waals surface area contributed by atoms with Gasteiger partial charge in [0.05, 0.1) is 5.92 Å². The van der Waals surface area contributed by atoms with Crippen LogP contribution in [0.4, 0.5) is 13.2 Å². The van der Waals surface area contributed by atoms with Crippen LogP contribution in [0.25, 0.3) is 0 Å². The van der Waals surface area contributed by atoms with Gasteiger partial charge in [0.15, 0.2) is 17.5 Å². The van der Waals surface area contributed by atoms with E-state index in [9.17, 15) is 18.0 Å². The molecule has 2 nitrogen and oxygen atoms in total. The third-order valence-electron chi connectivity index (χ3n) is 7.86. The molecule has 29 heavy (non-hydrogen) atoms. The van der Waals surface area contributed by atoms with Crippen LogP contribution in [0.15, 0.2) is 12.1 Å². The Morgan fingerprint density at radius 1 is 0.793 bits per heavy atom. The number of hydrogen-bond donors (Lipinski definition) is 0. The Labute approximate surface area is 171 Å². The van der Waals surface area contributed by atoms with Gasteiger partial charge in [-0.05, 0) is 87.4 Å². The van der Waals surface area contributed by atoms with E-state index >= 15 is 0 Å². The van der Waals surface area contributed by atoms with Crippen molar-refractivity contribution in [3.8, 4) is 5.75 Å². The van der Waals surface area contributed by atoms with E-state index in [-0.39, 0.29) is 11.7 Å². The zero-order valence-electron chi connectivity index (χ0n) is 17.1. The van der Waals surface area contributed by atoms with Gasteiger partial charge in [-0.1, -0.05) is 13.3 Å². The maximum atomic E-state index is 13.3. The van der Waals surface area contributed by atoms with E-state index in [0.29, 0.717) is 5.92 Å². The number of hydrogen-bond acceptors (Lipinski definition) is 2. The monoisotopic (exact) mass is 408 g/mol. The standard InChI is InChI=1S/C24H31F3O2/c1-14-2-3-19-11-18(9-8-17(19)10-14)15-4-6-16(7-5-15)24(28)29-20-12-21(25)23(27)22(26)13-20/h12-19H,2-11H2,1H3. The van der Waals surface area contributed by atoms with Crippen LogP contribution in [-0.2, 0) is 4.79 Å². The van der Waals surface area contributed by atoms with E-state index in [1.54, 1.807) is 0 Å². The molecular weight excluding hydrogens is 377 g/mol. The number of carbonyl (C=O) groups is 1. The molecule has 0 radical (unpaired) electrons. The topological polar surface area (TPSA) is 26.3 Å². The molecule has 1 aromatic carbocycles. The summed E-state index contributed by atoms with van der Waals surface area (Å²) >= 11 is 0. The van der Waals surface area contributed by atoms with Crippen molar-refractivity contribution >= 4 is 5.97 Å². The smallest absolute Gasteiger partial charge is 0.314 e. The van der Waals surface area contributed by atoms with Crippen molar-refractivity contribution in [1.29, 1.82) is 0 Å². The first-order chi connectivity index (χ1) is 13.9. The van der Waals surface area contributed by atoms with Crippen LogP contribution in [0.3, 0.4) is 0 Å². The first-order valence-electron chi connectivity index (χ1n) is 11.3. The average Bonchev–Trinajstić information content (AvgIpc) is 2.71. The average molecular weight is 409 g/mol. The summed E-state index contributed by atoms with van der Waals surface area (Å²) in [5.41, 5.74) is 0. The van der Waals surface area contributed by atoms with Crippen LogP contribution in [0, 0.1) is 53.0 Å². The van der Waals surface area contributed by atoms with Crippen molar-refractivity contribution in [3.63, 3.8) is 0 Å². The molecule has 0 amide bonds. The van der Waals surface area contributed by atoms with Crippen molar-refractivity contribution in [1.82, 2.24) is 0 Å². The molecule has 0 N–H and O–H groups in total. The molecule has 4 unspecified atom stereocenters. The lowest BCUT2D eigenvalue weighted by Gasteiger charge is -2.44. The predicted molar refractivity (Wildman–Crippen MR) is 105 cm³/mol. The quantitative estimate of drug-likeness (QED) is 0.317. The largest absolute Gasteiger partial charge is 0.426 e. The SMILES string of the molecule is CC1CCC2CC(C3CCC(C(=O)Oc4cc(F)c(F)c(F)c4)CC3)CCC2C1. The fourth-order valence-corrected chi connectivity index (χ4v) is 6.21.